The van der Waals surface area contributed by atoms with Gasteiger partial charge in [-0.15, -0.1) is 11.3 Å². The third-order valence-corrected chi connectivity index (χ3v) is 3.61. The van der Waals surface area contributed by atoms with Crippen LogP contribution in [0.3, 0.4) is 0 Å². The quantitative estimate of drug-likeness (QED) is 0.823. The average molecular weight is 278 g/mol. The Kier molecular flexibility index (Phi) is 4.52. The van der Waals surface area contributed by atoms with E-state index < -0.39 is 5.82 Å². The summed E-state index contributed by atoms with van der Waals surface area (Å²) in [4.78, 5) is 12.9. The Bertz CT molecular complexity index is 555. The van der Waals surface area contributed by atoms with E-state index in [1.165, 1.54) is 23.1 Å². The maximum Gasteiger partial charge on any atom is 0.224 e. The van der Waals surface area contributed by atoms with Crippen LogP contribution in [0.5, 0.6) is 0 Å². The molecule has 0 aliphatic rings. The molecule has 0 fully saturated rings. The smallest absolute Gasteiger partial charge is 0.224 e. The fourth-order valence-corrected chi connectivity index (χ4v) is 2.48. The van der Waals surface area contributed by atoms with E-state index in [1.807, 2.05) is 17.5 Å². The van der Waals surface area contributed by atoms with Crippen LogP contribution in [0, 0.1) is 5.82 Å². The number of nitrogen functional groups attached to an aromatic ring is 1. The number of thiophene rings is 1. The zero-order valence-corrected chi connectivity index (χ0v) is 11.2. The van der Waals surface area contributed by atoms with Gasteiger partial charge in [0.1, 0.15) is 5.82 Å². The average Bonchev–Trinajstić information content (AvgIpc) is 2.87. The molecule has 3 nitrogen and oxygen atoms in total. The van der Waals surface area contributed by atoms with E-state index in [0.29, 0.717) is 12.1 Å². The molecule has 0 bridgehead atoms. The Morgan fingerprint density at radius 2 is 2.21 bits per heavy atom. The number of amides is 1. The molecule has 2 rings (SSSR count). The van der Waals surface area contributed by atoms with Gasteiger partial charge >= 0.3 is 0 Å². The zero-order chi connectivity index (χ0) is 13.7. The number of halogens is 1. The van der Waals surface area contributed by atoms with Crippen molar-refractivity contribution in [3.63, 3.8) is 0 Å². The van der Waals surface area contributed by atoms with Crippen LogP contribution < -0.4 is 11.1 Å². The standard InChI is InChI=1S/C14H15FN2OS/c15-12-7-6-10(16)9-13(12)17-14(18)5-1-3-11-4-2-8-19-11/h2,4,6-9H,1,3,5,16H2,(H,17,18). The van der Waals surface area contributed by atoms with Gasteiger partial charge in [0.25, 0.3) is 0 Å². The van der Waals surface area contributed by atoms with Crippen molar-refractivity contribution in [2.45, 2.75) is 19.3 Å². The maximum atomic E-state index is 13.4. The summed E-state index contributed by atoms with van der Waals surface area (Å²) in [6.07, 6.45) is 1.98. The van der Waals surface area contributed by atoms with Crippen molar-refractivity contribution in [1.82, 2.24) is 0 Å². The Labute approximate surface area is 115 Å². The van der Waals surface area contributed by atoms with Gasteiger partial charge in [0.2, 0.25) is 5.91 Å². The molecule has 0 atom stereocenters. The number of carbonyl (C=O) groups excluding carboxylic acids is 1. The molecule has 100 valence electrons. The number of benzene rings is 1. The Hall–Kier alpha value is -1.88. The monoisotopic (exact) mass is 278 g/mol. The summed E-state index contributed by atoms with van der Waals surface area (Å²) in [5.41, 5.74) is 6.12. The lowest BCUT2D eigenvalue weighted by molar-refractivity contribution is -0.116. The second-order valence-corrected chi connectivity index (χ2v) is 5.25. The Morgan fingerprint density at radius 3 is 2.95 bits per heavy atom. The number of anilines is 2. The summed E-state index contributed by atoms with van der Waals surface area (Å²) in [7, 11) is 0. The van der Waals surface area contributed by atoms with Gasteiger partial charge in [-0.25, -0.2) is 4.39 Å². The van der Waals surface area contributed by atoms with Crippen molar-refractivity contribution in [2.75, 3.05) is 11.1 Å². The molecule has 0 aliphatic carbocycles. The van der Waals surface area contributed by atoms with Gasteiger partial charge in [0.15, 0.2) is 0 Å². The minimum Gasteiger partial charge on any atom is -0.399 e. The van der Waals surface area contributed by atoms with Crippen molar-refractivity contribution in [1.29, 1.82) is 0 Å². The molecule has 19 heavy (non-hydrogen) atoms. The minimum atomic E-state index is -0.471. The van der Waals surface area contributed by atoms with Crippen LogP contribution in [0.1, 0.15) is 17.7 Å². The molecule has 0 radical (unpaired) electrons. The number of hydrogen-bond donors (Lipinski definition) is 2. The SMILES string of the molecule is Nc1ccc(F)c(NC(=O)CCCc2cccs2)c1. The molecule has 5 heteroatoms. The van der Waals surface area contributed by atoms with Gasteiger partial charge in [0.05, 0.1) is 5.69 Å². The third-order valence-electron chi connectivity index (χ3n) is 2.67. The van der Waals surface area contributed by atoms with Gasteiger partial charge in [-0.3, -0.25) is 4.79 Å². The highest BCUT2D eigenvalue weighted by Gasteiger charge is 2.07. The molecule has 1 heterocycles. The fraction of sp³-hybridized carbons (Fsp3) is 0.214. The van der Waals surface area contributed by atoms with Gasteiger partial charge < -0.3 is 11.1 Å². The van der Waals surface area contributed by atoms with Crippen LogP contribution in [0.2, 0.25) is 0 Å². The lowest BCUT2D eigenvalue weighted by Crippen LogP contribution is -2.12. The summed E-state index contributed by atoms with van der Waals surface area (Å²) < 4.78 is 13.4. The molecule has 0 saturated heterocycles. The Balaban J connectivity index is 1.82. The summed E-state index contributed by atoms with van der Waals surface area (Å²) in [6.45, 7) is 0. The molecule has 0 unspecified atom stereocenters. The number of aryl methyl sites for hydroxylation is 1. The van der Waals surface area contributed by atoms with Crippen LogP contribution in [0.15, 0.2) is 35.7 Å². The van der Waals surface area contributed by atoms with E-state index in [-0.39, 0.29) is 11.6 Å². The topological polar surface area (TPSA) is 55.1 Å². The van der Waals surface area contributed by atoms with E-state index in [4.69, 9.17) is 5.73 Å². The normalized spacial score (nSPS) is 10.4. The highest BCUT2D eigenvalue weighted by Crippen LogP contribution is 2.18. The third kappa shape index (κ3) is 4.06. The molecule has 1 aromatic heterocycles. The first-order valence-corrected chi connectivity index (χ1v) is 6.90. The number of rotatable bonds is 5. The number of carbonyl (C=O) groups is 1. The van der Waals surface area contributed by atoms with E-state index in [2.05, 4.69) is 5.32 Å². The van der Waals surface area contributed by atoms with Crippen molar-refractivity contribution in [3.8, 4) is 0 Å². The molecule has 0 aliphatic heterocycles. The summed E-state index contributed by atoms with van der Waals surface area (Å²) in [5, 5.41) is 4.55. The molecular weight excluding hydrogens is 263 g/mol. The molecule has 1 aromatic carbocycles. The Morgan fingerprint density at radius 1 is 1.37 bits per heavy atom. The zero-order valence-electron chi connectivity index (χ0n) is 10.4. The number of hydrogen-bond acceptors (Lipinski definition) is 3. The van der Waals surface area contributed by atoms with Crippen molar-refractivity contribution < 1.29 is 9.18 Å². The fourth-order valence-electron chi connectivity index (χ4n) is 1.73. The molecule has 2 aromatic rings. The predicted octanol–water partition coefficient (Wildman–Crippen LogP) is 3.43. The van der Waals surface area contributed by atoms with Crippen molar-refractivity contribution in [2.24, 2.45) is 0 Å². The van der Waals surface area contributed by atoms with Crippen LogP contribution in [0.25, 0.3) is 0 Å². The van der Waals surface area contributed by atoms with Crippen molar-refractivity contribution >= 4 is 28.6 Å². The highest BCUT2D eigenvalue weighted by molar-refractivity contribution is 7.09. The predicted molar refractivity (Wildman–Crippen MR) is 76.7 cm³/mol. The molecule has 0 spiro atoms. The first kappa shape index (κ1) is 13.5. The van der Waals surface area contributed by atoms with E-state index >= 15 is 0 Å². The first-order chi connectivity index (χ1) is 9.15. The lowest BCUT2D eigenvalue weighted by Gasteiger charge is -2.07. The summed E-state index contributed by atoms with van der Waals surface area (Å²) >= 11 is 1.67. The van der Waals surface area contributed by atoms with Crippen LogP contribution in [-0.4, -0.2) is 5.91 Å². The second-order valence-electron chi connectivity index (χ2n) is 4.22. The van der Waals surface area contributed by atoms with E-state index in [1.54, 1.807) is 11.3 Å². The molecular formula is C14H15FN2OS. The first-order valence-electron chi connectivity index (χ1n) is 6.02. The van der Waals surface area contributed by atoms with Crippen LogP contribution >= 0.6 is 11.3 Å². The van der Waals surface area contributed by atoms with E-state index in [9.17, 15) is 9.18 Å². The summed E-state index contributed by atoms with van der Waals surface area (Å²) in [5.74, 6) is -0.665. The number of nitrogens with one attached hydrogen (secondary N) is 1. The lowest BCUT2D eigenvalue weighted by atomic mass is 10.2. The van der Waals surface area contributed by atoms with Gasteiger partial charge in [0, 0.05) is 17.0 Å². The maximum absolute atomic E-state index is 13.4. The van der Waals surface area contributed by atoms with Gasteiger partial charge in [-0.1, -0.05) is 6.07 Å². The van der Waals surface area contributed by atoms with E-state index in [0.717, 1.165) is 12.8 Å². The van der Waals surface area contributed by atoms with Crippen LogP contribution in [-0.2, 0) is 11.2 Å². The van der Waals surface area contributed by atoms with Crippen molar-refractivity contribution in [3.05, 3.63) is 46.4 Å². The minimum absolute atomic E-state index is 0.140. The largest absolute Gasteiger partial charge is 0.399 e. The number of nitrogens with two attached hydrogens (primary N) is 1. The second kappa shape index (κ2) is 6.33. The highest BCUT2D eigenvalue weighted by atomic mass is 32.1. The summed E-state index contributed by atoms with van der Waals surface area (Å²) in [6, 6.07) is 8.16. The molecule has 0 saturated carbocycles. The molecule has 3 N–H and O–H groups in total. The van der Waals surface area contributed by atoms with Gasteiger partial charge in [-0.2, -0.15) is 0 Å². The van der Waals surface area contributed by atoms with Crippen LogP contribution in [0.4, 0.5) is 15.8 Å². The van der Waals surface area contributed by atoms with Gasteiger partial charge in [-0.05, 0) is 42.5 Å². The molecule has 1 amide bonds.